The van der Waals surface area contributed by atoms with Crippen LogP contribution in [0.15, 0.2) is 50.3 Å². The van der Waals surface area contributed by atoms with Crippen molar-refractivity contribution >= 4 is 18.1 Å². The fraction of sp³-hybridized carbons (Fsp3) is 0.0714. The molecule has 16 heavy (non-hydrogen) atoms. The van der Waals surface area contributed by atoms with E-state index in [4.69, 9.17) is 0 Å². The van der Waals surface area contributed by atoms with E-state index in [-0.39, 0.29) is 5.97 Å². The molecule has 2 nitrogen and oxygen atoms in total. The Morgan fingerprint density at radius 1 is 1.06 bits per heavy atom. The van der Waals surface area contributed by atoms with Crippen LogP contribution in [0, 0.1) is 0 Å². The summed E-state index contributed by atoms with van der Waals surface area (Å²) in [5.41, 5.74) is 2.29. The number of hydrogen-bond donors (Lipinski definition) is 0. The fourth-order valence-corrected chi connectivity index (χ4v) is 0.886. The molecular weight excluding hydrogens is 200 g/mol. The monoisotopic (exact) mass is 216 g/mol. The molecule has 0 saturated carbocycles. The van der Waals surface area contributed by atoms with E-state index in [1.165, 1.54) is 6.92 Å². The summed E-state index contributed by atoms with van der Waals surface area (Å²) >= 11 is 0. The smallest absolute Gasteiger partial charge is 0.307 e. The molecule has 0 heterocycles. The Bertz CT molecular complexity index is 334. The van der Waals surface area contributed by atoms with Crippen molar-refractivity contribution < 1.29 is 9.53 Å². The van der Waals surface area contributed by atoms with Crippen LogP contribution in [0.2, 0.25) is 0 Å². The number of ether oxygens (including phenoxy) is 1. The van der Waals surface area contributed by atoms with Crippen molar-refractivity contribution in [3.63, 3.8) is 0 Å². The number of carbonyl (C=O) groups excluding carboxylic acids is 1. The molecule has 0 aliphatic heterocycles. The summed E-state index contributed by atoms with van der Waals surface area (Å²) in [5.74, 6) is -0.329. The molecule has 0 aliphatic rings. The molecule has 0 aliphatic carbocycles. The second kappa shape index (κ2) is 8.24. The SMILES string of the molecule is C=COC(C)=O.C=Cc1ccc(C=C)cc1. The summed E-state index contributed by atoms with van der Waals surface area (Å²) < 4.78 is 4.17. The van der Waals surface area contributed by atoms with Crippen molar-refractivity contribution in [1.29, 1.82) is 0 Å². The lowest BCUT2D eigenvalue weighted by Gasteiger charge is -1.92. The minimum Gasteiger partial charge on any atom is -0.435 e. The molecule has 1 rings (SSSR count). The average Bonchev–Trinajstić information content (AvgIpc) is 2.30. The number of carbonyl (C=O) groups is 1. The zero-order valence-electron chi connectivity index (χ0n) is 9.48. The minimum atomic E-state index is -0.329. The Kier molecular flexibility index (Phi) is 7.16. The zero-order valence-corrected chi connectivity index (χ0v) is 9.48. The first-order valence-electron chi connectivity index (χ1n) is 4.77. The van der Waals surface area contributed by atoms with Gasteiger partial charge in [0.05, 0.1) is 6.26 Å². The molecule has 0 fully saturated rings. The van der Waals surface area contributed by atoms with Gasteiger partial charge >= 0.3 is 5.97 Å². The number of benzene rings is 1. The largest absolute Gasteiger partial charge is 0.435 e. The first-order chi connectivity index (χ1) is 7.63. The average molecular weight is 216 g/mol. The van der Waals surface area contributed by atoms with E-state index < -0.39 is 0 Å². The van der Waals surface area contributed by atoms with Gasteiger partial charge in [-0.25, -0.2) is 0 Å². The molecular formula is C14H16O2. The third-order valence-corrected chi connectivity index (χ3v) is 1.66. The van der Waals surface area contributed by atoms with Gasteiger partial charge in [-0.1, -0.05) is 56.2 Å². The normalized spacial score (nSPS) is 8.06. The lowest BCUT2D eigenvalue weighted by atomic mass is 10.1. The van der Waals surface area contributed by atoms with Crippen LogP contribution in [-0.4, -0.2) is 5.97 Å². The highest BCUT2D eigenvalue weighted by Gasteiger charge is 1.84. The molecule has 0 radical (unpaired) electrons. The van der Waals surface area contributed by atoms with Gasteiger partial charge in [-0.2, -0.15) is 0 Å². The van der Waals surface area contributed by atoms with Gasteiger partial charge < -0.3 is 4.74 Å². The number of rotatable bonds is 3. The van der Waals surface area contributed by atoms with Crippen LogP contribution in [0.25, 0.3) is 12.2 Å². The molecule has 0 saturated heterocycles. The standard InChI is InChI=1S/C10H10.C4H6O2/c1-3-9-5-7-10(4-2)8-6-9;1-3-6-4(2)5/h3-8H,1-2H2;3H,1H2,2H3. The van der Waals surface area contributed by atoms with E-state index in [9.17, 15) is 4.79 Å². The van der Waals surface area contributed by atoms with E-state index in [1.54, 1.807) is 0 Å². The minimum absolute atomic E-state index is 0.329. The van der Waals surface area contributed by atoms with Gasteiger partial charge in [-0.3, -0.25) is 4.79 Å². The molecule has 0 atom stereocenters. The van der Waals surface area contributed by atoms with Crippen LogP contribution in [0.5, 0.6) is 0 Å². The summed E-state index contributed by atoms with van der Waals surface area (Å²) in [7, 11) is 0. The Labute approximate surface area is 96.6 Å². The molecule has 0 N–H and O–H groups in total. The number of esters is 1. The molecule has 1 aromatic carbocycles. The maximum atomic E-state index is 9.75. The van der Waals surface area contributed by atoms with Crippen LogP contribution >= 0.6 is 0 Å². The molecule has 0 unspecified atom stereocenters. The van der Waals surface area contributed by atoms with E-state index in [2.05, 4.69) is 24.5 Å². The number of hydrogen-bond acceptors (Lipinski definition) is 2. The second-order valence-electron chi connectivity index (χ2n) is 2.85. The Morgan fingerprint density at radius 2 is 1.44 bits per heavy atom. The zero-order chi connectivity index (χ0) is 12.4. The maximum absolute atomic E-state index is 9.75. The summed E-state index contributed by atoms with van der Waals surface area (Å²) in [6, 6.07) is 8.07. The third kappa shape index (κ3) is 6.38. The maximum Gasteiger partial charge on any atom is 0.307 e. The Hall–Kier alpha value is -2.09. The van der Waals surface area contributed by atoms with E-state index >= 15 is 0 Å². The van der Waals surface area contributed by atoms with Crippen LogP contribution in [0.4, 0.5) is 0 Å². The van der Waals surface area contributed by atoms with Crippen LogP contribution in [-0.2, 0) is 9.53 Å². The van der Waals surface area contributed by atoms with Gasteiger partial charge in [0.15, 0.2) is 0 Å². The summed E-state index contributed by atoms with van der Waals surface area (Å²) in [6.07, 6.45) is 4.75. The van der Waals surface area contributed by atoms with Crippen molar-refractivity contribution in [2.45, 2.75) is 6.92 Å². The Morgan fingerprint density at radius 3 is 1.56 bits per heavy atom. The van der Waals surface area contributed by atoms with Gasteiger partial charge in [0.2, 0.25) is 0 Å². The summed E-state index contributed by atoms with van der Waals surface area (Å²) in [5, 5.41) is 0. The molecule has 0 spiro atoms. The van der Waals surface area contributed by atoms with Gasteiger partial charge in [-0.15, -0.1) is 0 Å². The van der Waals surface area contributed by atoms with Crippen LogP contribution in [0.1, 0.15) is 18.1 Å². The predicted octanol–water partition coefficient (Wildman–Crippen LogP) is 3.67. The van der Waals surface area contributed by atoms with Crippen molar-refractivity contribution in [3.8, 4) is 0 Å². The summed E-state index contributed by atoms with van der Waals surface area (Å²) in [6.45, 7) is 11.8. The highest BCUT2D eigenvalue weighted by atomic mass is 16.5. The van der Waals surface area contributed by atoms with Gasteiger partial charge in [0.25, 0.3) is 0 Å². The van der Waals surface area contributed by atoms with Crippen molar-refractivity contribution in [3.05, 3.63) is 61.4 Å². The fourth-order valence-electron chi connectivity index (χ4n) is 0.886. The molecule has 84 valence electrons. The first-order valence-corrected chi connectivity index (χ1v) is 4.77. The van der Waals surface area contributed by atoms with Crippen LogP contribution in [0.3, 0.4) is 0 Å². The van der Waals surface area contributed by atoms with Crippen LogP contribution < -0.4 is 0 Å². The highest BCUT2D eigenvalue weighted by molar-refractivity contribution is 5.66. The van der Waals surface area contributed by atoms with Crippen molar-refractivity contribution in [1.82, 2.24) is 0 Å². The highest BCUT2D eigenvalue weighted by Crippen LogP contribution is 2.05. The predicted molar refractivity (Wildman–Crippen MR) is 68.6 cm³/mol. The molecule has 0 amide bonds. The van der Waals surface area contributed by atoms with E-state index in [1.807, 2.05) is 36.4 Å². The quantitative estimate of drug-likeness (QED) is 0.569. The lowest BCUT2D eigenvalue weighted by Crippen LogP contribution is -1.87. The third-order valence-electron chi connectivity index (χ3n) is 1.66. The lowest BCUT2D eigenvalue weighted by molar-refractivity contribution is -0.135. The topological polar surface area (TPSA) is 26.3 Å². The molecule has 2 heteroatoms. The molecule has 0 aromatic heterocycles. The summed E-state index contributed by atoms with van der Waals surface area (Å²) in [4.78, 5) is 9.75. The van der Waals surface area contributed by atoms with Crippen molar-refractivity contribution in [2.24, 2.45) is 0 Å². The Balaban J connectivity index is 0.000000325. The van der Waals surface area contributed by atoms with Gasteiger partial charge in [0, 0.05) is 6.92 Å². The van der Waals surface area contributed by atoms with Gasteiger partial charge in [0.1, 0.15) is 0 Å². The van der Waals surface area contributed by atoms with E-state index in [0.717, 1.165) is 17.4 Å². The van der Waals surface area contributed by atoms with E-state index in [0.29, 0.717) is 0 Å². The molecule has 0 bridgehead atoms. The first kappa shape index (κ1) is 13.9. The second-order valence-corrected chi connectivity index (χ2v) is 2.85. The van der Waals surface area contributed by atoms with Gasteiger partial charge in [-0.05, 0) is 11.1 Å². The molecule has 1 aromatic rings. The van der Waals surface area contributed by atoms with Crippen molar-refractivity contribution in [2.75, 3.05) is 0 Å².